The summed E-state index contributed by atoms with van der Waals surface area (Å²) in [5.74, 6) is -2.21. The molecule has 0 aromatic heterocycles. The molecule has 1 fully saturated rings. The van der Waals surface area contributed by atoms with Crippen molar-refractivity contribution in [2.45, 2.75) is 37.6 Å². The number of benzene rings is 1. The zero-order valence-electron chi connectivity index (χ0n) is 10.4. The topological polar surface area (TPSA) is 12.0 Å². The van der Waals surface area contributed by atoms with Gasteiger partial charge in [0.1, 0.15) is 0 Å². The van der Waals surface area contributed by atoms with Crippen molar-refractivity contribution < 1.29 is 8.78 Å². The number of hydrogen-bond donors (Lipinski definition) is 1. The van der Waals surface area contributed by atoms with Crippen LogP contribution in [0.15, 0.2) is 24.3 Å². The minimum atomic E-state index is -2.47. The molecule has 0 heterocycles. The summed E-state index contributed by atoms with van der Waals surface area (Å²) in [5.41, 5.74) is 1.08. The maximum absolute atomic E-state index is 13.2. The van der Waals surface area contributed by atoms with Crippen LogP contribution in [0.1, 0.15) is 37.3 Å². The van der Waals surface area contributed by atoms with E-state index in [1.54, 1.807) is 0 Å². The van der Waals surface area contributed by atoms with Gasteiger partial charge < -0.3 is 5.32 Å². The molecule has 0 amide bonds. The smallest absolute Gasteiger partial charge is 0.248 e. The molecule has 1 N–H and O–H groups in total. The van der Waals surface area contributed by atoms with Gasteiger partial charge in [0.05, 0.1) is 0 Å². The molecule has 0 spiro atoms. The van der Waals surface area contributed by atoms with Crippen molar-refractivity contribution in [2.24, 2.45) is 5.92 Å². The fourth-order valence-corrected chi connectivity index (χ4v) is 2.97. The molecule has 4 heteroatoms. The van der Waals surface area contributed by atoms with Crippen LogP contribution in [0.4, 0.5) is 8.78 Å². The van der Waals surface area contributed by atoms with E-state index in [-0.39, 0.29) is 24.8 Å². The highest BCUT2D eigenvalue weighted by atomic mass is 35.5. The predicted molar refractivity (Wildman–Crippen MR) is 70.2 cm³/mol. The third kappa shape index (κ3) is 3.21. The van der Waals surface area contributed by atoms with E-state index in [0.29, 0.717) is 17.9 Å². The third-order valence-electron chi connectivity index (χ3n) is 3.75. The van der Waals surface area contributed by atoms with E-state index >= 15 is 0 Å². The van der Waals surface area contributed by atoms with Crippen LogP contribution in [0.2, 0.25) is 5.02 Å². The molecule has 0 saturated heterocycles. The minimum absolute atomic E-state index is 0.00356. The first-order valence-electron chi connectivity index (χ1n) is 6.32. The number of nitrogens with one attached hydrogen (secondary N) is 1. The lowest BCUT2D eigenvalue weighted by atomic mass is 9.79. The second kappa shape index (κ2) is 5.54. The molecule has 1 nitrogen and oxygen atoms in total. The molecule has 0 radical (unpaired) electrons. The lowest BCUT2D eigenvalue weighted by Gasteiger charge is -2.34. The molecule has 2 rings (SSSR count). The van der Waals surface area contributed by atoms with Gasteiger partial charge in [0.2, 0.25) is 5.92 Å². The van der Waals surface area contributed by atoms with Gasteiger partial charge in [-0.25, -0.2) is 8.78 Å². The van der Waals surface area contributed by atoms with Crippen molar-refractivity contribution in [3.63, 3.8) is 0 Å². The van der Waals surface area contributed by atoms with Crippen LogP contribution < -0.4 is 5.32 Å². The lowest BCUT2D eigenvalue weighted by Crippen LogP contribution is -2.32. The van der Waals surface area contributed by atoms with Gasteiger partial charge >= 0.3 is 0 Å². The molecule has 1 atom stereocenters. The van der Waals surface area contributed by atoms with E-state index in [1.165, 1.54) is 0 Å². The standard InChI is InChI=1S/C14H18ClF2N/c1-18-13(11-3-2-4-12(15)9-11)10-5-7-14(16,17)8-6-10/h2-4,9-10,13,18H,5-8H2,1H3. The van der Waals surface area contributed by atoms with Gasteiger partial charge in [0.25, 0.3) is 0 Å². The summed E-state index contributed by atoms with van der Waals surface area (Å²) in [6, 6.07) is 7.75. The van der Waals surface area contributed by atoms with Gasteiger partial charge in [0.15, 0.2) is 0 Å². The molecule has 18 heavy (non-hydrogen) atoms. The van der Waals surface area contributed by atoms with E-state index < -0.39 is 5.92 Å². The van der Waals surface area contributed by atoms with E-state index in [1.807, 2.05) is 31.3 Å². The van der Waals surface area contributed by atoms with Crippen molar-refractivity contribution in [1.82, 2.24) is 5.32 Å². The maximum Gasteiger partial charge on any atom is 0.248 e. The third-order valence-corrected chi connectivity index (χ3v) is 3.99. The van der Waals surface area contributed by atoms with Crippen molar-refractivity contribution >= 4 is 11.6 Å². The second-order valence-corrected chi connectivity index (χ2v) is 5.45. The molecular formula is C14H18ClF2N. The van der Waals surface area contributed by atoms with Crippen LogP contribution in [-0.4, -0.2) is 13.0 Å². The molecule has 1 aromatic carbocycles. The largest absolute Gasteiger partial charge is 0.313 e. The Morgan fingerprint density at radius 1 is 1.33 bits per heavy atom. The van der Waals surface area contributed by atoms with Crippen molar-refractivity contribution in [3.05, 3.63) is 34.9 Å². The van der Waals surface area contributed by atoms with E-state index in [4.69, 9.17) is 11.6 Å². The zero-order valence-corrected chi connectivity index (χ0v) is 11.2. The molecule has 1 aliphatic rings. The highest BCUT2D eigenvalue weighted by molar-refractivity contribution is 6.30. The van der Waals surface area contributed by atoms with E-state index in [2.05, 4.69) is 5.32 Å². The molecular weight excluding hydrogens is 256 g/mol. The number of hydrogen-bond acceptors (Lipinski definition) is 1. The van der Waals surface area contributed by atoms with Gasteiger partial charge in [0, 0.05) is 23.9 Å². The van der Waals surface area contributed by atoms with Crippen molar-refractivity contribution in [2.75, 3.05) is 7.05 Å². The first-order chi connectivity index (χ1) is 8.52. The Bertz CT molecular complexity index is 399. The normalized spacial score (nSPS) is 21.8. The molecule has 1 aromatic rings. The molecule has 0 bridgehead atoms. The first-order valence-corrected chi connectivity index (χ1v) is 6.70. The summed E-state index contributed by atoms with van der Waals surface area (Å²) in [5, 5.41) is 3.93. The van der Waals surface area contributed by atoms with Gasteiger partial charge in [-0.05, 0) is 43.5 Å². The Morgan fingerprint density at radius 3 is 2.56 bits per heavy atom. The van der Waals surface area contributed by atoms with E-state index in [0.717, 1.165) is 5.56 Å². The molecule has 1 aliphatic carbocycles. The molecule has 100 valence electrons. The Kier molecular flexibility index (Phi) is 4.23. The average molecular weight is 274 g/mol. The molecule has 1 saturated carbocycles. The lowest BCUT2D eigenvalue weighted by molar-refractivity contribution is -0.0495. The Morgan fingerprint density at radius 2 is 2.00 bits per heavy atom. The predicted octanol–water partition coefficient (Wildman–Crippen LogP) is 4.43. The monoisotopic (exact) mass is 273 g/mol. The Labute approximate surface area is 112 Å². The summed E-state index contributed by atoms with van der Waals surface area (Å²) in [6.07, 6.45) is 1.11. The van der Waals surface area contributed by atoms with E-state index in [9.17, 15) is 8.78 Å². The van der Waals surface area contributed by atoms with Crippen LogP contribution >= 0.6 is 11.6 Å². The van der Waals surface area contributed by atoms with Gasteiger partial charge in [-0.1, -0.05) is 23.7 Å². The fraction of sp³-hybridized carbons (Fsp3) is 0.571. The zero-order chi connectivity index (χ0) is 13.2. The highest BCUT2D eigenvalue weighted by Crippen LogP contribution is 2.41. The molecule has 1 unspecified atom stereocenters. The van der Waals surface area contributed by atoms with Crippen molar-refractivity contribution in [1.29, 1.82) is 0 Å². The SMILES string of the molecule is CNC(c1cccc(Cl)c1)C1CCC(F)(F)CC1. The fourth-order valence-electron chi connectivity index (χ4n) is 2.77. The first kappa shape index (κ1) is 13.8. The van der Waals surface area contributed by atoms with Gasteiger partial charge in [-0.3, -0.25) is 0 Å². The van der Waals surface area contributed by atoms with Gasteiger partial charge in [-0.2, -0.15) is 0 Å². The quantitative estimate of drug-likeness (QED) is 0.859. The summed E-state index contributed by atoms with van der Waals surface area (Å²) in [4.78, 5) is 0. The summed E-state index contributed by atoms with van der Waals surface area (Å²) in [7, 11) is 1.87. The Balaban J connectivity index is 2.10. The Hall–Kier alpha value is -0.670. The van der Waals surface area contributed by atoms with Crippen LogP contribution in [0.3, 0.4) is 0 Å². The van der Waals surface area contributed by atoms with Crippen LogP contribution in [0.5, 0.6) is 0 Å². The number of alkyl halides is 2. The van der Waals surface area contributed by atoms with Gasteiger partial charge in [-0.15, -0.1) is 0 Å². The van der Waals surface area contributed by atoms with Crippen LogP contribution in [0, 0.1) is 5.92 Å². The van der Waals surface area contributed by atoms with Crippen LogP contribution in [-0.2, 0) is 0 Å². The maximum atomic E-state index is 13.2. The average Bonchev–Trinajstić information content (AvgIpc) is 2.32. The summed E-state index contributed by atoms with van der Waals surface area (Å²) >= 11 is 5.98. The number of halogens is 3. The highest BCUT2D eigenvalue weighted by Gasteiger charge is 2.37. The summed E-state index contributed by atoms with van der Waals surface area (Å²) < 4.78 is 26.3. The number of rotatable bonds is 3. The second-order valence-electron chi connectivity index (χ2n) is 5.01. The van der Waals surface area contributed by atoms with Crippen molar-refractivity contribution in [3.8, 4) is 0 Å². The minimum Gasteiger partial charge on any atom is -0.313 e. The van der Waals surface area contributed by atoms with Crippen LogP contribution in [0.25, 0.3) is 0 Å². The molecule has 0 aliphatic heterocycles. The summed E-state index contributed by atoms with van der Waals surface area (Å²) in [6.45, 7) is 0.